The number of hydrogen-bond donors (Lipinski definition) is 1. The first-order valence-corrected chi connectivity index (χ1v) is 9.45. The molecule has 26 heavy (non-hydrogen) atoms. The van der Waals surface area contributed by atoms with Gasteiger partial charge in [-0.25, -0.2) is 4.98 Å². The fourth-order valence-corrected chi connectivity index (χ4v) is 4.60. The van der Waals surface area contributed by atoms with Crippen molar-refractivity contribution in [2.24, 2.45) is 0 Å². The number of rotatable bonds is 3. The molecule has 1 aromatic heterocycles. The molecule has 1 aromatic carbocycles. The molecule has 1 N–H and O–H groups in total. The second kappa shape index (κ2) is 6.05. The maximum absolute atomic E-state index is 11.1. The Bertz CT molecular complexity index is 815. The zero-order valence-corrected chi connectivity index (χ0v) is 14.8. The van der Waals surface area contributed by atoms with E-state index in [9.17, 15) is 5.11 Å². The summed E-state index contributed by atoms with van der Waals surface area (Å²) in [7, 11) is 0. The molecule has 1 saturated heterocycles. The predicted octanol–water partition coefficient (Wildman–Crippen LogP) is 3.47. The summed E-state index contributed by atoms with van der Waals surface area (Å²) < 4.78 is 13.8. The summed E-state index contributed by atoms with van der Waals surface area (Å²) in [6.45, 7) is 1.36. The molecule has 0 amide bonds. The van der Waals surface area contributed by atoms with Gasteiger partial charge in [0.1, 0.15) is 0 Å². The summed E-state index contributed by atoms with van der Waals surface area (Å²) in [5.74, 6) is -0.423. The maximum atomic E-state index is 11.1. The maximum Gasteiger partial charge on any atom is 0.172 e. The summed E-state index contributed by atoms with van der Waals surface area (Å²) in [5, 5.41) is 11.1. The number of aromatic nitrogens is 2. The Morgan fingerprint density at radius 3 is 2.58 bits per heavy atom. The molecular formula is C21H24N2O3. The van der Waals surface area contributed by atoms with Crippen LogP contribution in [0.5, 0.6) is 0 Å². The van der Waals surface area contributed by atoms with Crippen LogP contribution in [0.25, 0.3) is 11.3 Å². The Labute approximate surface area is 153 Å². The van der Waals surface area contributed by atoms with Crippen LogP contribution < -0.4 is 0 Å². The predicted molar refractivity (Wildman–Crippen MR) is 97.5 cm³/mol. The molecule has 2 fully saturated rings. The number of imidazole rings is 1. The normalized spacial score (nSPS) is 30.2. The first-order valence-electron chi connectivity index (χ1n) is 9.45. The molecule has 0 atom stereocenters. The highest BCUT2D eigenvalue weighted by molar-refractivity contribution is 5.59. The van der Waals surface area contributed by atoms with Crippen molar-refractivity contribution in [1.29, 1.82) is 0 Å². The zero-order chi connectivity index (χ0) is 17.6. The molecule has 1 saturated carbocycles. The van der Waals surface area contributed by atoms with Gasteiger partial charge < -0.3 is 19.1 Å². The summed E-state index contributed by atoms with van der Waals surface area (Å²) in [6.07, 6.45) is 9.85. The molecular weight excluding hydrogens is 328 g/mol. The Hall–Kier alpha value is -1.95. The number of hydrogen-bond acceptors (Lipinski definition) is 4. The Morgan fingerprint density at radius 2 is 1.88 bits per heavy atom. The van der Waals surface area contributed by atoms with Gasteiger partial charge >= 0.3 is 0 Å². The third-order valence-corrected chi connectivity index (χ3v) is 6.12. The van der Waals surface area contributed by atoms with Gasteiger partial charge in [0, 0.05) is 31.7 Å². The van der Waals surface area contributed by atoms with Crippen LogP contribution in [0.2, 0.25) is 0 Å². The summed E-state index contributed by atoms with van der Waals surface area (Å²) in [6, 6.07) is 10.6. The molecule has 5 nitrogen and oxygen atoms in total. The molecule has 0 bridgehead atoms. The van der Waals surface area contributed by atoms with Crippen LogP contribution in [-0.4, -0.2) is 39.3 Å². The van der Waals surface area contributed by atoms with E-state index in [4.69, 9.17) is 9.47 Å². The van der Waals surface area contributed by atoms with E-state index >= 15 is 0 Å². The van der Waals surface area contributed by atoms with E-state index in [1.54, 1.807) is 0 Å². The Balaban J connectivity index is 1.31. The van der Waals surface area contributed by atoms with E-state index in [0.29, 0.717) is 13.2 Å². The Morgan fingerprint density at radius 1 is 1.12 bits per heavy atom. The van der Waals surface area contributed by atoms with E-state index in [-0.39, 0.29) is 6.04 Å². The molecule has 5 rings (SSSR count). The monoisotopic (exact) mass is 352 g/mol. The fourth-order valence-electron chi connectivity index (χ4n) is 4.60. The lowest BCUT2D eigenvalue weighted by molar-refractivity contribution is -0.164. The first-order chi connectivity index (χ1) is 12.7. The van der Waals surface area contributed by atoms with Crippen LogP contribution in [0, 0.1) is 0 Å². The van der Waals surface area contributed by atoms with Crippen LogP contribution in [0.15, 0.2) is 54.5 Å². The average molecular weight is 352 g/mol. The standard InChI is InChI=1S/C21H24N2O3/c24-20(17-6-8-21(9-7-17)25-10-11-26-21)12-18(13-20)23-15-22-14-19(23)16-4-2-1-3-5-16/h1-6,14-15,18,24H,7-13H2. The molecule has 3 aliphatic rings. The van der Waals surface area contributed by atoms with Gasteiger partial charge in [-0.2, -0.15) is 0 Å². The topological polar surface area (TPSA) is 56.5 Å². The molecule has 2 aliphatic carbocycles. The first kappa shape index (κ1) is 16.2. The van der Waals surface area contributed by atoms with E-state index < -0.39 is 11.4 Å². The quantitative estimate of drug-likeness (QED) is 0.860. The molecule has 2 aromatic rings. The van der Waals surface area contributed by atoms with Gasteiger partial charge in [0.15, 0.2) is 5.79 Å². The van der Waals surface area contributed by atoms with Crippen LogP contribution >= 0.6 is 0 Å². The lowest BCUT2D eigenvalue weighted by atomic mass is 9.68. The van der Waals surface area contributed by atoms with E-state index in [1.165, 1.54) is 0 Å². The number of ether oxygens (including phenoxy) is 2. The molecule has 0 radical (unpaired) electrons. The number of nitrogens with zero attached hydrogens (tertiary/aromatic N) is 2. The van der Waals surface area contributed by atoms with Gasteiger partial charge in [-0.1, -0.05) is 36.4 Å². The number of benzene rings is 1. The molecule has 5 heteroatoms. The minimum absolute atomic E-state index is 0.286. The van der Waals surface area contributed by atoms with Gasteiger partial charge in [-0.3, -0.25) is 0 Å². The molecule has 0 unspecified atom stereocenters. The summed E-state index contributed by atoms with van der Waals surface area (Å²) in [4.78, 5) is 4.34. The van der Waals surface area contributed by atoms with Gasteiger partial charge in [-0.15, -0.1) is 0 Å². The third kappa shape index (κ3) is 2.62. The smallest absolute Gasteiger partial charge is 0.172 e. The van der Waals surface area contributed by atoms with Gasteiger partial charge in [0.2, 0.25) is 0 Å². The van der Waals surface area contributed by atoms with Crippen molar-refractivity contribution in [3.8, 4) is 11.3 Å². The van der Waals surface area contributed by atoms with Crippen molar-refractivity contribution >= 4 is 0 Å². The third-order valence-electron chi connectivity index (χ3n) is 6.12. The van der Waals surface area contributed by atoms with Crippen molar-refractivity contribution in [1.82, 2.24) is 9.55 Å². The largest absolute Gasteiger partial charge is 0.385 e. The second-order valence-electron chi connectivity index (χ2n) is 7.69. The van der Waals surface area contributed by atoms with Crippen LogP contribution in [0.4, 0.5) is 0 Å². The van der Waals surface area contributed by atoms with Crippen LogP contribution in [0.1, 0.15) is 38.1 Å². The molecule has 1 aliphatic heterocycles. The van der Waals surface area contributed by atoms with Crippen molar-refractivity contribution in [3.05, 3.63) is 54.5 Å². The fraction of sp³-hybridized carbons (Fsp3) is 0.476. The summed E-state index contributed by atoms with van der Waals surface area (Å²) >= 11 is 0. The minimum Gasteiger partial charge on any atom is -0.385 e. The lowest BCUT2D eigenvalue weighted by Crippen LogP contribution is -2.48. The zero-order valence-electron chi connectivity index (χ0n) is 14.8. The van der Waals surface area contributed by atoms with E-state index in [0.717, 1.165) is 48.9 Å². The van der Waals surface area contributed by atoms with E-state index in [1.807, 2.05) is 30.7 Å². The number of aliphatic hydroxyl groups is 1. The highest BCUT2D eigenvalue weighted by atomic mass is 16.7. The minimum atomic E-state index is -0.691. The van der Waals surface area contributed by atoms with Crippen molar-refractivity contribution in [2.45, 2.75) is 49.5 Å². The average Bonchev–Trinajstić information content (AvgIpc) is 3.30. The summed E-state index contributed by atoms with van der Waals surface area (Å²) in [5.41, 5.74) is 2.74. The highest BCUT2D eigenvalue weighted by Crippen LogP contribution is 2.50. The second-order valence-corrected chi connectivity index (χ2v) is 7.69. The van der Waals surface area contributed by atoms with E-state index in [2.05, 4.69) is 27.8 Å². The molecule has 2 heterocycles. The van der Waals surface area contributed by atoms with Crippen LogP contribution in [0.3, 0.4) is 0 Å². The van der Waals surface area contributed by atoms with Gasteiger partial charge in [0.25, 0.3) is 0 Å². The van der Waals surface area contributed by atoms with Gasteiger partial charge in [0.05, 0.1) is 37.0 Å². The van der Waals surface area contributed by atoms with Crippen molar-refractivity contribution < 1.29 is 14.6 Å². The molecule has 1 spiro atoms. The molecule has 136 valence electrons. The van der Waals surface area contributed by atoms with Crippen LogP contribution in [-0.2, 0) is 9.47 Å². The van der Waals surface area contributed by atoms with Gasteiger partial charge in [-0.05, 0) is 17.6 Å². The Kier molecular flexibility index (Phi) is 3.78. The van der Waals surface area contributed by atoms with Crippen molar-refractivity contribution in [2.75, 3.05) is 13.2 Å². The van der Waals surface area contributed by atoms with Crippen molar-refractivity contribution in [3.63, 3.8) is 0 Å². The lowest BCUT2D eigenvalue weighted by Gasteiger charge is -2.48. The SMILES string of the molecule is OC1(C2=CCC3(CC2)OCCO3)CC(n2cncc2-c2ccccc2)C1. The highest BCUT2D eigenvalue weighted by Gasteiger charge is 2.49.